The van der Waals surface area contributed by atoms with Crippen molar-refractivity contribution in [1.29, 1.82) is 0 Å². The van der Waals surface area contributed by atoms with E-state index in [-0.39, 0.29) is 24.0 Å². The highest BCUT2D eigenvalue weighted by molar-refractivity contribution is 14.0. The van der Waals surface area contributed by atoms with E-state index in [0.717, 1.165) is 45.1 Å². The smallest absolute Gasteiger partial charge is 0.190 e. The second-order valence-corrected chi connectivity index (χ2v) is 6.98. The Kier molecular flexibility index (Phi) is 13.1. The highest BCUT2D eigenvalue weighted by atomic mass is 127. The normalized spacial score (nSPS) is 17.8. The molecule has 6 heteroatoms. The molecule has 0 saturated heterocycles. The summed E-state index contributed by atoms with van der Waals surface area (Å²) in [6.07, 6.45) is 6.36. The van der Waals surface area contributed by atoms with E-state index in [1.807, 2.05) is 7.05 Å². The fraction of sp³-hybridized carbons (Fsp3) is 0.944. The zero-order valence-corrected chi connectivity index (χ0v) is 18.5. The first-order valence-electron chi connectivity index (χ1n) is 9.12. The molecule has 1 aliphatic carbocycles. The molecule has 0 amide bonds. The zero-order chi connectivity index (χ0) is 17.1. The van der Waals surface area contributed by atoms with Crippen molar-refractivity contribution in [3.05, 3.63) is 0 Å². The lowest BCUT2D eigenvalue weighted by Crippen LogP contribution is -2.47. The molecule has 1 atom stereocenters. The number of halogens is 1. The first kappa shape index (κ1) is 23.9. The molecule has 0 aromatic carbocycles. The number of nitrogens with zero attached hydrogens (tertiary/aromatic N) is 1. The van der Waals surface area contributed by atoms with Gasteiger partial charge in [0.15, 0.2) is 5.96 Å². The van der Waals surface area contributed by atoms with Crippen LogP contribution in [0.15, 0.2) is 4.99 Å². The topological polar surface area (TPSA) is 54.9 Å². The Morgan fingerprint density at radius 1 is 1.25 bits per heavy atom. The molecular weight excluding hydrogens is 417 g/mol. The van der Waals surface area contributed by atoms with Gasteiger partial charge >= 0.3 is 0 Å². The summed E-state index contributed by atoms with van der Waals surface area (Å²) < 4.78 is 11.0. The summed E-state index contributed by atoms with van der Waals surface area (Å²) in [5.74, 6) is 1.44. The molecule has 0 heterocycles. The molecule has 0 radical (unpaired) electrons. The van der Waals surface area contributed by atoms with E-state index in [2.05, 4.69) is 36.4 Å². The molecule has 2 N–H and O–H groups in total. The summed E-state index contributed by atoms with van der Waals surface area (Å²) >= 11 is 0. The van der Waals surface area contributed by atoms with Crippen LogP contribution < -0.4 is 10.6 Å². The Morgan fingerprint density at radius 2 is 1.96 bits per heavy atom. The average Bonchev–Trinajstić information content (AvgIpc) is 2.50. The first-order valence-corrected chi connectivity index (χ1v) is 9.12. The Labute approximate surface area is 165 Å². The lowest BCUT2D eigenvalue weighted by Gasteiger charge is -2.42. The van der Waals surface area contributed by atoms with E-state index in [0.29, 0.717) is 17.4 Å². The van der Waals surface area contributed by atoms with Gasteiger partial charge < -0.3 is 20.1 Å². The molecule has 5 nitrogen and oxygen atoms in total. The molecule has 1 unspecified atom stereocenters. The SMILES string of the molecule is CCOC(CCNC(=NC)NCC1(CCOC)CCC1)C(C)C.I. The fourth-order valence-corrected chi connectivity index (χ4v) is 3.16. The molecule has 1 rings (SSSR count). The Morgan fingerprint density at radius 3 is 2.42 bits per heavy atom. The molecule has 0 aromatic heterocycles. The minimum atomic E-state index is 0. The van der Waals surface area contributed by atoms with Gasteiger partial charge in [-0.2, -0.15) is 0 Å². The predicted molar refractivity (Wildman–Crippen MR) is 112 cm³/mol. The molecule has 0 aromatic rings. The number of hydrogen-bond acceptors (Lipinski definition) is 3. The van der Waals surface area contributed by atoms with Crippen LogP contribution >= 0.6 is 24.0 Å². The quantitative estimate of drug-likeness (QED) is 0.285. The molecule has 0 spiro atoms. The summed E-state index contributed by atoms with van der Waals surface area (Å²) in [5, 5.41) is 6.92. The number of hydrogen-bond donors (Lipinski definition) is 2. The van der Waals surface area contributed by atoms with E-state index >= 15 is 0 Å². The fourth-order valence-electron chi connectivity index (χ4n) is 3.16. The zero-order valence-electron chi connectivity index (χ0n) is 16.2. The molecule has 144 valence electrons. The van der Waals surface area contributed by atoms with Gasteiger partial charge in [-0.1, -0.05) is 20.3 Å². The van der Waals surface area contributed by atoms with Gasteiger partial charge in [-0.3, -0.25) is 4.99 Å². The number of rotatable bonds is 11. The second kappa shape index (κ2) is 13.2. The summed E-state index contributed by atoms with van der Waals surface area (Å²) in [6.45, 7) is 9.97. The van der Waals surface area contributed by atoms with Gasteiger partial charge in [0.05, 0.1) is 6.10 Å². The van der Waals surface area contributed by atoms with E-state index in [1.54, 1.807) is 7.11 Å². The minimum Gasteiger partial charge on any atom is -0.385 e. The Balaban J connectivity index is 0.00000529. The summed E-state index contributed by atoms with van der Waals surface area (Å²) in [4.78, 5) is 4.34. The Hall–Kier alpha value is -0.0800. The van der Waals surface area contributed by atoms with Crippen LogP contribution in [0.25, 0.3) is 0 Å². The number of nitrogens with one attached hydrogen (secondary N) is 2. The van der Waals surface area contributed by atoms with E-state index in [9.17, 15) is 0 Å². The van der Waals surface area contributed by atoms with Crippen LogP contribution in [0, 0.1) is 11.3 Å². The lowest BCUT2D eigenvalue weighted by molar-refractivity contribution is 0.0258. The third-order valence-electron chi connectivity index (χ3n) is 4.95. The largest absolute Gasteiger partial charge is 0.385 e. The van der Waals surface area contributed by atoms with Crippen molar-refractivity contribution in [2.75, 3.05) is 40.5 Å². The van der Waals surface area contributed by atoms with E-state index in [1.165, 1.54) is 19.3 Å². The van der Waals surface area contributed by atoms with Crippen LogP contribution in [0.2, 0.25) is 0 Å². The number of aliphatic imine (C=N–C) groups is 1. The standard InChI is InChI=1S/C18H37N3O2.HI/c1-6-23-16(15(2)3)8-12-20-17(19-4)21-14-18(9-7-10-18)11-13-22-5;/h15-16H,6-14H2,1-5H3,(H2,19,20,21);1H. The predicted octanol–water partition coefficient (Wildman–Crippen LogP) is 3.43. The van der Waals surface area contributed by atoms with Crippen molar-refractivity contribution >= 4 is 29.9 Å². The van der Waals surface area contributed by atoms with Gasteiger partial charge in [-0.15, -0.1) is 24.0 Å². The maximum Gasteiger partial charge on any atom is 0.190 e. The number of guanidine groups is 1. The van der Waals surface area contributed by atoms with Crippen LogP contribution in [0.5, 0.6) is 0 Å². The van der Waals surface area contributed by atoms with Crippen LogP contribution in [0.1, 0.15) is 52.9 Å². The van der Waals surface area contributed by atoms with Gasteiger partial charge in [-0.25, -0.2) is 0 Å². The molecule has 0 aliphatic heterocycles. The van der Waals surface area contributed by atoms with Crippen molar-refractivity contribution in [2.45, 2.75) is 59.0 Å². The lowest BCUT2D eigenvalue weighted by atomic mass is 9.67. The van der Waals surface area contributed by atoms with E-state index in [4.69, 9.17) is 9.47 Å². The Bertz CT molecular complexity index is 347. The van der Waals surface area contributed by atoms with Gasteiger partial charge in [0.2, 0.25) is 0 Å². The van der Waals surface area contributed by atoms with Crippen molar-refractivity contribution in [3.63, 3.8) is 0 Å². The summed E-state index contributed by atoms with van der Waals surface area (Å²) in [5.41, 5.74) is 0.402. The van der Waals surface area contributed by atoms with E-state index < -0.39 is 0 Å². The maximum absolute atomic E-state index is 5.79. The van der Waals surface area contributed by atoms with Gasteiger partial charge in [0, 0.05) is 40.5 Å². The summed E-state index contributed by atoms with van der Waals surface area (Å²) in [6, 6.07) is 0. The molecule has 0 bridgehead atoms. The molecule has 24 heavy (non-hydrogen) atoms. The summed E-state index contributed by atoms with van der Waals surface area (Å²) in [7, 11) is 3.62. The third kappa shape index (κ3) is 8.34. The number of methoxy groups -OCH3 is 1. The molecular formula is C18H38IN3O2. The molecule has 1 aliphatic rings. The van der Waals surface area contributed by atoms with Gasteiger partial charge in [0.25, 0.3) is 0 Å². The average molecular weight is 455 g/mol. The molecule has 1 saturated carbocycles. The first-order chi connectivity index (χ1) is 11.1. The van der Waals surface area contributed by atoms with Gasteiger partial charge in [0.1, 0.15) is 0 Å². The monoisotopic (exact) mass is 455 g/mol. The van der Waals surface area contributed by atoms with Crippen LogP contribution in [-0.2, 0) is 9.47 Å². The molecule has 1 fully saturated rings. The highest BCUT2D eigenvalue weighted by Crippen LogP contribution is 2.43. The highest BCUT2D eigenvalue weighted by Gasteiger charge is 2.36. The third-order valence-corrected chi connectivity index (χ3v) is 4.95. The van der Waals surface area contributed by atoms with Crippen molar-refractivity contribution in [1.82, 2.24) is 10.6 Å². The van der Waals surface area contributed by atoms with Crippen LogP contribution in [0.4, 0.5) is 0 Å². The van der Waals surface area contributed by atoms with Crippen molar-refractivity contribution < 1.29 is 9.47 Å². The van der Waals surface area contributed by atoms with Crippen LogP contribution in [0.3, 0.4) is 0 Å². The number of ether oxygens (including phenoxy) is 2. The van der Waals surface area contributed by atoms with Gasteiger partial charge in [-0.05, 0) is 43.9 Å². The van der Waals surface area contributed by atoms with Crippen molar-refractivity contribution in [3.8, 4) is 0 Å². The maximum atomic E-state index is 5.79. The second-order valence-electron chi connectivity index (χ2n) is 6.98. The van der Waals surface area contributed by atoms with Crippen LogP contribution in [-0.4, -0.2) is 52.5 Å². The van der Waals surface area contributed by atoms with Crippen molar-refractivity contribution in [2.24, 2.45) is 16.3 Å². The minimum absolute atomic E-state index is 0.